The van der Waals surface area contributed by atoms with Gasteiger partial charge in [0.1, 0.15) is 5.75 Å². The van der Waals surface area contributed by atoms with Crippen LogP contribution in [-0.2, 0) is 4.79 Å². The highest BCUT2D eigenvalue weighted by molar-refractivity contribution is 5.93. The second-order valence-corrected chi connectivity index (χ2v) is 5.89. The Morgan fingerprint density at radius 3 is 2.92 bits per heavy atom. The molecular weight excluding hydrogens is 318 g/mol. The maximum Gasteiger partial charge on any atom is 0.258 e. The van der Waals surface area contributed by atoms with E-state index in [4.69, 9.17) is 4.74 Å². The Morgan fingerprint density at radius 2 is 2.12 bits per heavy atom. The SMILES string of the molecule is COc1cccc(C(C)CC(=O)Nc2ccc3nc[nH]c(=O)c3c2)c1. The molecule has 0 spiro atoms. The predicted octanol–water partition coefficient (Wildman–Crippen LogP) is 3.06. The number of carbonyl (C=O) groups excluding carboxylic acids is 1. The Kier molecular flexibility index (Phi) is 4.79. The zero-order valence-electron chi connectivity index (χ0n) is 14.1. The van der Waals surface area contributed by atoms with Crippen molar-refractivity contribution in [3.63, 3.8) is 0 Å². The maximum atomic E-state index is 12.3. The van der Waals surface area contributed by atoms with Gasteiger partial charge in [0.25, 0.3) is 5.56 Å². The fourth-order valence-electron chi connectivity index (χ4n) is 2.70. The van der Waals surface area contributed by atoms with E-state index in [1.165, 1.54) is 6.33 Å². The molecule has 0 saturated carbocycles. The first-order valence-electron chi connectivity index (χ1n) is 7.98. The van der Waals surface area contributed by atoms with Crippen LogP contribution in [0.3, 0.4) is 0 Å². The second-order valence-electron chi connectivity index (χ2n) is 5.89. The van der Waals surface area contributed by atoms with Gasteiger partial charge in [-0.3, -0.25) is 9.59 Å². The third-order valence-electron chi connectivity index (χ3n) is 4.08. The average molecular weight is 337 g/mol. The molecule has 2 aromatic carbocycles. The molecule has 6 heteroatoms. The fourth-order valence-corrected chi connectivity index (χ4v) is 2.70. The predicted molar refractivity (Wildman–Crippen MR) is 97.0 cm³/mol. The van der Waals surface area contributed by atoms with E-state index in [1.807, 2.05) is 31.2 Å². The summed E-state index contributed by atoms with van der Waals surface area (Å²) in [5.74, 6) is 0.696. The largest absolute Gasteiger partial charge is 0.497 e. The number of aromatic nitrogens is 2. The molecule has 3 aromatic rings. The van der Waals surface area contributed by atoms with Crippen LogP contribution >= 0.6 is 0 Å². The number of nitrogens with zero attached hydrogens (tertiary/aromatic N) is 1. The van der Waals surface area contributed by atoms with Crippen LogP contribution in [0.1, 0.15) is 24.8 Å². The summed E-state index contributed by atoms with van der Waals surface area (Å²) in [5, 5.41) is 3.29. The third kappa shape index (κ3) is 3.85. The van der Waals surface area contributed by atoms with Gasteiger partial charge in [-0.05, 0) is 41.8 Å². The van der Waals surface area contributed by atoms with Crippen molar-refractivity contribution >= 4 is 22.5 Å². The van der Waals surface area contributed by atoms with Crippen LogP contribution in [0.15, 0.2) is 53.6 Å². The van der Waals surface area contributed by atoms with Crippen molar-refractivity contribution in [3.05, 3.63) is 64.7 Å². The lowest BCUT2D eigenvalue weighted by Crippen LogP contribution is -2.15. The van der Waals surface area contributed by atoms with Crippen LogP contribution < -0.4 is 15.6 Å². The third-order valence-corrected chi connectivity index (χ3v) is 4.08. The van der Waals surface area contributed by atoms with Crippen LogP contribution in [0.4, 0.5) is 5.69 Å². The van der Waals surface area contributed by atoms with E-state index in [9.17, 15) is 9.59 Å². The molecule has 0 aliphatic carbocycles. The van der Waals surface area contributed by atoms with Crippen molar-refractivity contribution in [2.75, 3.05) is 12.4 Å². The molecule has 3 rings (SSSR count). The van der Waals surface area contributed by atoms with Crippen molar-refractivity contribution in [1.29, 1.82) is 0 Å². The van der Waals surface area contributed by atoms with Gasteiger partial charge >= 0.3 is 0 Å². The molecule has 1 heterocycles. The number of aromatic amines is 1. The van der Waals surface area contributed by atoms with Gasteiger partial charge in [0, 0.05) is 12.1 Å². The number of rotatable bonds is 5. The molecule has 0 aliphatic heterocycles. The van der Waals surface area contributed by atoms with E-state index in [0.717, 1.165) is 11.3 Å². The van der Waals surface area contributed by atoms with E-state index < -0.39 is 0 Å². The van der Waals surface area contributed by atoms with Gasteiger partial charge in [-0.15, -0.1) is 0 Å². The minimum atomic E-state index is -0.231. The molecule has 1 unspecified atom stereocenters. The molecule has 0 bridgehead atoms. The zero-order chi connectivity index (χ0) is 17.8. The van der Waals surface area contributed by atoms with Crippen LogP contribution in [0.25, 0.3) is 10.9 Å². The quantitative estimate of drug-likeness (QED) is 0.749. The minimum Gasteiger partial charge on any atom is -0.497 e. The first-order valence-corrected chi connectivity index (χ1v) is 7.98. The molecule has 1 aromatic heterocycles. The molecule has 0 radical (unpaired) electrons. The summed E-state index contributed by atoms with van der Waals surface area (Å²) >= 11 is 0. The number of hydrogen-bond acceptors (Lipinski definition) is 4. The molecule has 6 nitrogen and oxygen atoms in total. The molecule has 25 heavy (non-hydrogen) atoms. The van der Waals surface area contributed by atoms with Crippen molar-refractivity contribution in [3.8, 4) is 5.75 Å². The summed E-state index contributed by atoms with van der Waals surface area (Å²) in [5.41, 5.74) is 1.97. The molecule has 0 fully saturated rings. The number of ether oxygens (including phenoxy) is 1. The van der Waals surface area contributed by atoms with E-state index >= 15 is 0 Å². The van der Waals surface area contributed by atoms with Crippen molar-refractivity contribution in [1.82, 2.24) is 9.97 Å². The first kappa shape index (κ1) is 16.7. The normalized spacial score (nSPS) is 11.9. The molecule has 1 atom stereocenters. The Morgan fingerprint density at radius 1 is 1.28 bits per heavy atom. The van der Waals surface area contributed by atoms with E-state index in [-0.39, 0.29) is 17.4 Å². The summed E-state index contributed by atoms with van der Waals surface area (Å²) < 4.78 is 5.22. The highest BCUT2D eigenvalue weighted by Crippen LogP contribution is 2.24. The van der Waals surface area contributed by atoms with Crippen LogP contribution in [0.2, 0.25) is 0 Å². The van der Waals surface area contributed by atoms with E-state index in [0.29, 0.717) is 23.0 Å². The standard InChI is InChI=1S/C19H19N3O3/c1-12(13-4-3-5-15(9-13)25-2)8-18(23)22-14-6-7-17-16(10-14)19(24)21-11-20-17/h3-7,9-12H,8H2,1-2H3,(H,22,23)(H,20,21,24). The number of fused-ring (bicyclic) bond motifs is 1. The van der Waals surface area contributed by atoms with Crippen LogP contribution in [-0.4, -0.2) is 23.0 Å². The summed E-state index contributed by atoms with van der Waals surface area (Å²) in [4.78, 5) is 30.8. The Bertz CT molecular complexity index is 965. The lowest BCUT2D eigenvalue weighted by molar-refractivity contribution is -0.116. The molecule has 1 amide bonds. The maximum absolute atomic E-state index is 12.3. The number of methoxy groups -OCH3 is 1. The lowest BCUT2D eigenvalue weighted by atomic mass is 9.97. The van der Waals surface area contributed by atoms with Crippen molar-refractivity contribution in [2.24, 2.45) is 0 Å². The average Bonchev–Trinajstić information content (AvgIpc) is 2.62. The van der Waals surface area contributed by atoms with E-state index in [1.54, 1.807) is 25.3 Å². The Balaban J connectivity index is 1.71. The number of nitrogens with one attached hydrogen (secondary N) is 2. The number of amides is 1. The number of carbonyl (C=O) groups is 1. The number of H-pyrrole nitrogens is 1. The fraction of sp³-hybridized carbons (Fsp3) is 0.211. The summed E-state index contributed by atoms with van der Waals surface area (Å²) in [6.45, 7) is 1.99. The number of hydrogen-bond donors (Lipinski definition) is 2. The number of anilines is 1. The second kappa shape index (κ2) is 7.17. The molecule has 2 N–H and O–H groups in total. The molecule has 0 aliphatic rings. The Hall–Kier alpha value is -3.15. The minimum absolute atomic E-state index is 0.0422. The van der Waals surface area contributed by atoms with Gasteiger partial charge in [0.05, 0.1) is 24.3 Å². The molecule has 0 saturated heterocycles. The van der Waals surface area contributed by atoms with Crippen molar-refractivity contribution in [2.45, 2.75) is 19.3 Å². The highest BCUT2D eigenvalue weighted by Gasteiger charge is 2.13. The zero-order valence-corrected chi connectivity index (χ0v) is 14.1. The Labute approximate surface area is 144 Å². The summed E-state index contributed by atoms with van der Waals surface area (Å²) in [7, 11) is 1.62. The van der Waals surface area contributed by atoms with Gasteiger partial charge in [-0.2, -0.15) is 0 Å². The molecular formula is C19H19N3O3. The van der Waals surface area contributed by atoms with Gasteiger partial charge in [0.2, 0.25) is 5.91 Å². The topological polar surface area (TPSA) is 84.1 Å². The van der Waals surface area contributed by atoms with Gasteiger partial charge < -0.3 is 15.0 Å². The van der Waals surface area contributed by atoms with Gasteiger partial charge in [-0.1, -0.05) is 19.1 Å². The smallest absolute Gasteiger partial charge is 0.258 e. The van der Waals surface area contributed by atoms with Crippen molar-refractivity contribution < 1.29 is 9.53 Å². The highest BCUT2D eigenvalue weighted by atomic mass is 16.5. The monoisotopic (exact) mass is 337 g/mol. The van der Waals surface area contributed by atoms with Gasteiger partial charge in [0.15, 0.2) is 0 Å². The van der Waals surface area contributed by atoms with Crippen LogP contribution in [0.5, 0.6) is 5.75 Å². The summed E-state index contributed by atoms with van der Waals surface area (Å²) in [6.07, 6.45) is 1.69. The van der Waals surface area contributed by atoms with E-state index in [2.05, 4.69) is 15.3 Å². The summed E-state index contributed by atoms with van der Waals surface area (Å²) in [6, 6.07) is 12.8. The number of benzene rings is 2. The van der Waals surface area contributed by atoms with Crippen LogP contribution in [0, 0.1) is 0 Å². The first-order chi connectivity index (χ1) is 12.1. The lowest BCUT2D eigenvalue weighted by Gasteiger charge is -2.13. The van der Waals surface area contributed by atoms with Gasteiger partial charge in [-0.25, -0.2) is 4.98 Å². The molecule has 128 valence electrons.